The summed E-state index contributed by atoms with van der Waals surface area (Å²) in [4.78, 5) is 14.3. The van der Waals surface area contributed by atoms with E-state index in [0.717, 1.165) is 25.9 Å². The van der Waals surface area contributed by atoms with E-state index in [9.17, 15) is 17.6 Å². The summed E-state index contributed by atoms with van der Waals surface area (Å²) in [5.74, 6) is -0.685. The summed E-state index contributed by atoms with van der Waals surface area (Å²) in [7, 11) is -3.51. The van der Waals surface area contributed by atoms with Gasteiger partial charge in [0.1, 0.15) is 5.82 Å². The topological polar surface area (TPSA) is 87.7 Å². The smallest absolute Gasteiger partial charge is 0.221 e. The maximum Gasteiger partial charge on any atom is 0.221 e. The second-order valence-electron chi connectivity index (χ2n) is 6.00. The highest BCUT2D eigenvalue weighted by Gasteiger charge is 2.20. The van der Waals surface area contributed by atoms with Crippen LogP contribution in [0.1, 0.15) is 18.0 Å². The normalized spacial score (nSPS) is 17.2. The second kappa shape index (κ2) is 9.23. The number of carbonyl (C=O) groups is 1. The van der Waals surface area contributed by atoms with Crippen molar-refractivity contribution in [3.05, 3.63) is 35.6 Å². The van der Waals surface area contributed by atoms with E-state index in [0.29, 0.717) is 25.3 Å². The van der Waals surface area contributed by atoms with Crippen LogP contribution >= 0.6 is 0 Å². The van der Waals surface area contributed by atoms with Crippen molar-refractivity contribution in [2.24, 2.45) is 0 Å². The molecule has 2 N–H and O–H groups in total. The highest BCUT2D eigenvalue weighted by Crippen LogP contribution is 2.18. The highest BCUT2D eigenvalue weighted by molar-refractivity contribution is 7.88. The van der Waals surface area contributed by atoms with Gasteiger partial charge < -0.3 is 10.1 Å². The lowest BCUT2D eigenvalue weighted by atomic mass is 10.0. The van der Waals surface area contributed by atoms with E-state index in [2.05, 4.69) is 14.9 Å². The summed E-state index contributed by atoms with van der Waals surface area (Å²) in [6.45, 7) is 4.26. The maximum atomic E-state index is 13.1. The number of rotatable bonds is 8. The monoisotopic (exact) mass is 373 g/mol. The van der Waals surface area contributed by atoms with Gasteiger partial charge in [0.25, 0.3) is 0 Å². The van der Waals surface area contributed by atoms with Gasteiger partial charge in [0, 0.05) is 32.6 Å². The molecule has 0 bridgehead atoms. The first-order valence-corrected chi connectivity index (χ1v) is 10.0. The van der Waals surface area contributed by atoms with E-state index in [1.165, 1.54) is 24.3 Å². The molecule has 1 aromatic rings. The summed E-state index contributed by atoms with van der Waals surface area (Å²) < 4.78 is 43.8. The highest BCUT2D eigenvalue weighted by atomic mass is 32.2. The van der Waals surface area contributed by atoms with Crippen LogP contribution in [-0.4, -0.2) is 64.9 Å². The summed E-state index contributed by atoms with van der Waals surface area (Å²) in [6.07, 6.45) is 0.974. The fourth-order valence-corrected chi connectivity index (χ4v) is 3.35. The lowest BCUT2D eigenvalue weighted by Gasteiger charge is -2.26. The molecule has 1 amide bonds. The van der Waals surface area contributed by atoms with E-state index < -0.39 is 21.9 Å². The van der Waals surface area contributed by atoms with E-state index >= 15 is 0 Å². The zero-order valence-electron chi connectivity index (χ0n) is 14.2. The van der Waals surface area contributed by atoms with Crippen molar-refractivity contribution in [2.75, 3.05) is 45.6 Å². The van der Waals surface area contributed by atoms with Gasteiger partial charge in [0.2, 0.25) is 15.9 Å². The third kappa shape index (κ3) is 7.47. The summed E-state index contributed by atoms with van der Waals surface area (Å²) in [5.41, 5.74) is 0.537. The summed E-state index contributed by atoms with van der Waals surface area (Å²) in [5, 5.41) is 2.80. The van der Waals surface area contributed by atoms with E-state index in [-0.39, 0.29) is 12.3 Å². The average Bonchev–Trinajstić information content (AvgIpc) is 2.54. The first-order valence-electron chi connectivity index (χ1n) is 8.13. The van der Waals surface area contributed by atoms with Gasteiger partial charge in [-0.15, -0.1) is 0 Å². The van der Waals surface area contributed by atoms with E-state index in [1.807, 2.05) is 0 Å². The summed E-state index contributed by atoms with van der Waals surface area (Å²) >= 11 is 0. The minimum absolute atomic E-state index is 0.0538. The molecule has 1 atom stereocenters. The molecule has 0 aliphatic carbocycles. The van der Waals surface area contributed by atoms with Crippen LogP contribution in [0.2, 0.25) is 0 Å². The van der Waals surface area contributed by atoms with E-state index in [4.69, 9.17) is 4.74 Å². The van der Waals surface area contributed by atoms with Crippen LogP contribution < -0.4 is 10.0 Å². The van der Waals surface area contributed by atoms with E-state index in [1.54, 1.807) is 0 Å². The maximum absolute atomic E-state index is 13.1. The van der Waals surface area contributed by atoms with Crippen LogP contribution in [0, 0.1) is 5.82 Å². The van der Waals surface area contributed by atoms with Gasteiger partial charge in [-0.3, -0.25) is 9.69 Å². The number of sulfonamides is 1. The molecule has 0 spiro atoms. The van der Waals surface area contributed by atoms with Gasteiger partial charge >= 0.3 is 0 Å². The first-order chi connectivity index (χ1) is 11.8. The Hall–Kier alpha value is -1.55. The Morgan fingerprint density at radius 2 is 1.92 bits per heavy atom. The number of ether oxygens (including phenoxy) is 1. The fraction of sp³-hybridized carbons (Fsp3) is 0.562. The number of benzene rings is 1. The molecule has 0 saturated carbocycles. The van der Waals surface area contributed by atoms with Gasteiger partial charge in [-0.2, -0.15) is 0 Å². The Balaban J connectivity index is 1.88. The standard InChI is InChI=1S/C16H24FN3O4S/c1-25(22,23)19-15(13-2-4-14(17)5-3-13)12-16(21)18-6-7-20-8-10-24-11-9-20/h2-5,15,19H,6-12H2,1H3,(H,18,21)/t15-/m1/s1. The second-order valence-corrected chi connectivity index (χ2v) is 7.78. The Labute approximate surface area is 147 Å². The van der Waals surface area contributed by atoms with Crippen molar-refractivity contribution in [3.63, 3.8) is 0 Å². The molecule has 0 unspecified atom stereocenters. The number of morpholine rings is 1. The lowest BCUT2D eigenvalue weighted by molar-refractivity contribution is -0.121. The molecule has 1 heterocycles. The molecular weight excluding hydrogens is 349 g/mol. The lowest BCUT2D eigenvalue weighted by Crippen LogP contribution is -2.42. The van der Waals surface area contributed by atoms with Gasteiger partial charge in [-0.1, -0.05) is 12.1 Å². The van der Waals surface area contributed by atoms with Gasteiger partial charge in [0.15, 0.2) is 0 Å². The predicted molar refractivity (Wildman–Crippen MR) is 92.0 cm³/mol. The third-order valence-electron chi connectivity index (χ3n) is 3.87. The molecule has 1 aliphatic heterocycles. The molecule has 1 saturated heterocycles. The molecule has 25 heavy (non-hydrogen) atoms. The number of hydrogen-bond acceptors (Lipinski definition) is 5. The van der Waals surface area contributed by atoms with Crippen molar-refractivity contribution in [3.8, 4) is 0 Å². The molecule has 1 fully saturated rings. The van der Waals surface area contributed by atoms with Crippen LogP contribution in [0.4, 0.5) is 4.39 Å². The fourth-order valence-electron chi connectivity index (χ4n) is 2.62. The largest absolute Gasteiger partial charge is 0.379 e. The van der Waals surface area contributed by atoms with Crippen LogP contribution in [0.5, 0.6) is 0 Å². The Kier molecular flexibility index (Phi) is 7.30. The van der Waals surface area contributed by atoms with Crippen LogP contribution in [0.3, 0.4) is 0 Å². The number of carbonyl (C=O) groups excluding carboxylic acids is 1. The van der Waals surface area contributed by atoms with Crippen molar-refractivity contribution >= 4 is 15.9 Å². The quantitative estimate of drug-likeness (QED) is 0.682. The van der Waals surface area contributed by atoms with Crippen LogP contribution in [0.25, 0.3) is 0 Å². The first kappa shape index (κ1) is 19.8. The number of hydrogen-bond donors (Lipinski definition) is 2. The zero-order chi connectivity index (χ0) is 18.3. The van der Waals surface area contributed by atoms with Crippen molar-refractivity contribution < 1.29 is 22.3 Å². The molecule has 0 aromatic heterocycles. The zero-order valence-corrected chi connectivity index (χ0v) is 15.0. The van der Waals surface area contributed by atoms with Crippen molar-refractivity contribution in [1.29, 1.82) is 0 Å². The SMILES string of the molecule is CS(=O)(=O)N[C@H](CC(=O)NCCN1CCOCC1)c1ccc(F)cc1. The average molecular weight is 373 g/mol. The number of nitrogens with one attached hydrogen (secondary N) is 2. The minimum Gasteiger partial charge on any atom is -0.379 e. The molecule has 0 radical (unpaired) electrons. The molecule has 9 heteroatoms. The molecule has 7 nitrogen and oxygen atoms in total. The molecule has 2 rings (SSSR count). The van der Waals surface area contributed by atoms with Gasteiger partial charge in [-0.05, 0) is 17.7 Å². The summed E-state index contributed by atoms with van der Waals surface area (Å²) in [6, 6.07) is 4.68. The van der Waals surface area contributed by atoms with Gasteiger partial charge in [0.05, 0.1) is 25.5 Å². The number of halogens is 1. The Morgan fingerprint density at radius 3 is 2.52 bits per heavy atom. The van der Waals surface area contributed by atoms with Crippen LogP contribution in [-0.2, 0) is 19.6 Å². The van der Waals surface area contributed by atoms with Crippen molar-refractivity contribution in [1.82, 2.24) is 14.9 Å². The molecule has 1 aromatic carbocycles. The molecule has 1 aliphatic rings. The Morgan fingerprint density at radius 1 is 1.28 bits per heavy atom. The van der Waals surface area contributed by atoms with Crippen LogP contribution in [0.15, 0.2) is 24.3 Å². The minimum atomic E-state index is -3.51. The number of nitrogens with zero attached hydrogens (tertiary/aromatic N) is 1. The number of amides is 1. The Bertz CT molecular complexity index is 660. The van der Waals surface area contributed by atoms with Crippen molar-refractivity contribution in [2.45, 2.75) is 12.5 Å². The molecular formula is C16H24FN3O4S. The third-order valence-corrected chi connectivity index (χ3v) is 4.58. The molecule has 140 valence electrons. The predicted octanol–water partition coefficient (Wildman–Crippen LogP) is 0.255. The van der Waals surface area contributed by atoms with Gasteiger partial charge in [-0.25, -0.2) is 17.5 Å².